The third-order valence-corrected chi connectivity index (χ3v) is 3.19. The molecule has 0 spiro atoms. The Hall–Kier alpha value is -1.63. The first-order valence-corrected chi connectivity index (χ1v) is 6.90. The van der Waals surface area contributed by atoms with Gasteiger partial charge in [0, 0.05) is 18.5 Å². The normalized spacial score (nSPS) is 20.0. The van der Waals surface area contributed by atoms with Crippen molar-refractivity contribution in [3.63, 3.8) is 0 Å². The van der Waals surface area contributed by atoms with Crippen molar-refractivity contribution < 1.29 is 14.4 Å². The second kappa shape index (κ2) is 5.78. The van der Waals surface area contributed by atoms with Gasteiger partial charge in [-0.15, -0.1) is 0 Å². The number of rotatable bonds is 2. The number of nitrogens with zero attached hydrogens (tertiary/aromatic N) is 3. The van der Waals surface area contributed by atoms with E-state index < -0.39 is 6.10 Å². The van der Waals surface area contributed by atoms with Crippen LogP contribution in [0, 0.1) is 0 Å². The highest BCUT2D eigenvalue weighted by atomic mass is 16.5. The number of aliphatic hydroxyl groups is 1. The molecule has 1 fully saturated rings. The minimum Gasteiger partial charge on any atom is -0.391 e. The molecule has 2 heterocycles. The molecule has 1 aliphatic rings. The van der Waals surface area contributed by atoms with E-state index in [0.717, 1.165) is 12.8 Å². The Bertz CT molecular complexity index is 466. The van der Waals surface area contributed by atoms with E-state index in [1.165, 1.54) is 0 Å². The number of amides is 2. The summed E-state index contributed by atoms with van der Waals surface area (Å²) in [5.74, 6) is 1.01. The monoisotopic (exact) mass is 282 g/mol. The number of urea groups is 1. The van der Waals surface area contributed by atoms with Crippen molar-refractivity contribution in [1.82, 2.24) is 20.4 Å². The Balaban J connectivity index is 1.85. The van der Waals surface area contributed by atoms with Crippen LogP contribution in [0.15, 0.2) is 4.52 Å². The van der Waals surface area contributed by atoms with Gasteiger partial charge in [0.1, 0.15) is 0 Å². The van der Waals surface area contributed by atoms with E-state index in [4.69, 9.17) is 4.52 Å². The first-order chi connectivity index (χ1) is 9.36. The molecule has 1 aromatic heterocycles. The van der Waals surface area contributed by atoms with E-state index in [1.54, 1.807) is 4.90 Å². The zero-order valence-electron chi connectivity index (χ0n) is 12.2. The van der Waals surface area contributed by atoms with Crippen molar-refractivity contribution in [3.05, 3.63) is 11.7 Å². The van der Waals surface area contributed by atoms with E-state index in [9.17, 15) is 9.90 Å². The summed E-state index contributed by atoms with van der Waals surface area (Å²) in [6, 6.07) is -0.203. The molecule has 1 unspecified atom stereocenters. The molecule has 0 aromatic carbocycles. The van der Waals surface area contributed by atoms with Crippen LogP contribution < -0.4 is 5.32 Å². The van der Waals surface area contributed by atoms with Gasteiger partial charge in [0.05, 0.1) is 12.6 Å². The van der Waals surface area contributed by atoms with Gasteiger partial charge < -0.3 is 19.8 Å². The quantitative estimate of drug-likeness (QED) is 0.845. The van der Waals surface area contributed by atoms with Crippen LogP contribution in [-0.4, -0.2) is 45.4 Å². The maximum atomic E-state index is 11.9. The van der Waals surface area contributed by atoms with Gasteiger partial charge in [-0.1, -0.05) is 25.9 Å². The lowest BCUT2D eigenvalue weighted by molar-refractivity contribution is 0.0841. The van der Waals surface area contributed by atoms with Gasteiger partial charge in [0.2, 0.25) is 5.89 Å². The Morgan fingerprint density at radius 1 is 1.55 bits per heavy atom. The van der Waals surface area contributed by atoms with Crippen LogP contribution in [0.5, 0.6) is 0 Å². The maximum absolute atomic E-state index is 11.9. The summed E-state index contributed by atoms with van der Waals surface area (Å²) in [5, 5.41) is 16.1. The zero-order chi connectivity index (χ0) is 14.8. The Labute approximate surface area is 118 Å². The second-order valence-electron chi connectivity index (χ2n) is 6.17. The van der Waals surface area contributed by atoms with E-state index in [1.807, 2.05) is 20.8 Å². The van der Waals surface area contributed by atoms with Crippen molar-refractivity contribution in [1.29, 1.82) is 0 Å². The molecule has 0 saturated carbocycles. The summed E-state index contributed by atoms with van der Waals surface area (Å²) in [6.07, 6.45) is 1.15. The molecule has 112 valence electrons. The molecule has 0 aliphatic carbocycles. The average Bonchev–Trinajstić information content (AvgIpc) is 2.84. The Morgan fingerprint density at radius 2 is 2.30 bits per heavy atom. The second-order valence-corrected chi connectivity index (χ2v) is 6.17. The summed E-state index contributed by atoms with van der Waals surface area (Å²) in [7, 11) is 0. The molecule has 1 aromatic rings. The molecular weight excluding hydrogens is 260 g/mol. The maximum Gasteiger partial charge on any atom is 0.317 e. The predicted octanol–water partition coefficient (Wildman–Crippen LogP) is 1.03. The smallest absolute Gasteiger partial charge is 0.317 e. The number of likely N-dealkylation sites (tertiary alicyclic amines) is 1. The highest BCUT2D eigenvalue weighted by Gasteiger charge is 2.24. The Kier molecular flexibility index (Phi) is 4.27. The van der Waals surface area contributed by atoms with Crippen LogP contribution in [0.1, 0.15) is 45.3 Å². The highest BCUT2D eigenvalue weighted by molar-refractivity contribution is 5.74. The number of β-amino-alcohol motifs (C(OH)–C–C–N with tert-alkyl or cyclic N) is 1. The van der Waals surface area contributed by atoms with Crippen LogP contribution in [0.25, 0.3) is 0 Å². The fourth-order valence-corrected chi connectivity index (χ4v) is 2.04. The van der Waals surface area contributed by atoms with E-state index >= 15 is 0 Å². The summed E-state index contributed by atoms with van der Waals surface area (Å²) in [5.41, 5.74) is -0.202. The molecule has 7 heteroatoms. The molecule has 0 radical (unpaired) electrons. The molecule has 0 bridgehead atoms. The number of aliphatic hydroxyl groups excluding tert-OH is 1. The highest BCUT2D eigenvalue weighted by Crippen LogP contribution is 2.19. The molecule has 2 rings (SSSR count). The fraction of sp³-hybridized carbons (Fsp3) is 0.769. The first-order valence-electron chi connectivity index (χ1n) is 6.90. The van der Waals surface area contributed by atoms with E-state index in [2.05, 4.69) is 15.5 Å². The summed E-state index contributed by atoms with van der Waals surface area (Å²) < 4.78 is 5.16. The van der Waals surface area contributed by atoms with Gasteiger partial charge >= 0.3 is 6.03 Å². The van der Waals surface area contributed by atoms with Crippen LogP contribution in [-0.2, 0) is 12.0 Å². The summed E-state index contributed by atoms with van der Waals surface area (Å²) >= 11 is 0. The Morgan fingerprint density at radius 3 is 2.90 bits per heavy atom. The van der Waals surface area contributed by atoms with Gasteiger partial charge in [-0.25, -0.2) is 4.79 Å². The van der Waals surface area contributed by atoms with Crippen LogP contribution >= 0.6 is 0 Å². The number of aromatic nitrogens is 2. The standard InChI is InChI=1S/C13H22N4O3/c1-13(2,3)11-15-10(16-20-11)7-14-12(19)17-6-4-5-9(18)8-17/h9,18H,4-8H2,1-3H3,(H,14,19). The van der Waals surface area contributed by atoms with Crippen molar-refractivity contribution in [3.8, 4) is 0 Å². The van der Waals surface area contributed by atoms with Gasteiger partial charge in [0.25, 0.3) is 0 Å². The third-order valence-electron chi connectivity index (χ3n) is 3.19. The predicted molar refractivity (Wildman–Crippen MR) is 72.0 cm³/mol. The lowest BCUT2D eigenvalue weighted by Gasteiger charge is -2.29. The number of hydrogen-bond acceptors (Lipinski definition) is 5. The topological polar surface area (TPSA) is 91.5 Å². The van der Waals surface area contributed by atoms with Crippen molar-refractivity contribution in [2.45, 2.75) is 51.7 Å². The van der Waals surface area contributed by atoms with Gasteiger partial charge in [-0.3, -0.25) is 0 Å². The fourth-order valence-electron chi connectivity index (χ4n) is 2.04. The number of piperidine rings is 1. The molecular formula is C13H22N4O3. The van der Waals surface area contributed by atoms with Crippen molar-refractivity contribution in [2.24, 2.45) is 0 Å². The minimum absolute atomic E-state index is 0.202. The van der Waals surface area contributed by atoms with Crippen LogP contribution in [0.2, 0.25) is 0 Å². The number of carbonyl (C=O) groups excluding carboxylic acids is 1. The molecule has 2 N–H and O–H groups in total. The van der Waals surface area contributed by atoms with Crippen LogP contribution in [0.4, 0.5) is 4.79 Å². The van der Waals surface area contributed by atoms with E-state index in [0.29, 0.717) is 24.8 Å². The van der Waals surface area contributed by atoms with Crippen molar-refractivity contribution >= 4 is 6.03 Å². The number of hydrogen-bond donors (Lipinski definition) is 2. The van der Waals surface area contributed by atoms with Gasteiger partial charge in [-0.2, -0.15) is 4.98 Å². The summed E-state index contributed by atoms with van der Waals surface area (Å²) in [6.45, 7) is 7.23. The lowest BCUT2D eigenvalue weighted by Crippen LogP contribution is -2.46. The SMILES string of the molecule is CC(C)(C)c1nc(CNC(=O)N2CCCC(O)C2)no1. The molecule has 7 nitrogen and oxygen atoms in total. The molecule has 2 amide bonds. The third kappa shape index (κ3) is 3.69. The molecule has 1 aliphatic heterocycles. The number of nitrogens with one attached hydrogen (secondary N) is 1. The van der Waals surface area contributed by atoms with Gasteiger partial charge in [0.15, 0.2) is 5.82 Å². The van der Waals surface area contributed by atoms with Crippen molar-refractivity contribution in [2.75, 3.05) is 13.1 Å². The largest absolute Gasteiger partial charge is 0.391 e. The van der Waals surface area contributed by atoms with Gasteiger partial charge in [-0.05, 0) is 12.8 Å². The molecule has 1 saturated heterocycles. The average molecular weight is 282 g/mol. The summed E-state index contributed by atoms with van der Waals surface area (Å²) in [4.78, 5) is 17.8. The zero-order valence-corrected chi connectivity index (χ0v) is 12.2. The number of carbonyl (C=O) groups is 1. The molecule has 1 atom stereocenters. The molecule has 20 heavy (non-hydrogen) atoms. The lowest BCUT2D eigenvalue weighted by atomic mass is 9.97. The minimum atomic E-state index is -0.424. The van der Waals surface area contributed by atoms with E-state index in [-0.39, 0.29) is 18.0 Å². The van der Waals surface area contributed by atoms with Crippen LogP contribution in [0.3, 0.4) is 0 Å². The first kappa shape index (κ1) is 14.8.